The highest BCUT2D eigenvalue weighted by atomic mass is 16.5. The lowest BCUT2D eigenvalue weighted by Crippen LogP contribution is -2.41. The fourth-order valence-electron chi connectivity index (χ4n) is 2.89. The molecule has 25 heavy (non-hydrogen) atoms. The molecule has 1 saturated heterocycles. The van der Waals surface area contributed by atoms with Gasteiger partial charge in [-0.25, -0.2) is 0 Å². The summed E-state index contributed by atoms with van der Waals surface area (Å²) in [5, 5.41) is 0. The van der Waals surface area contributed by atoms with Crippen LogP contribution in [-0.2, 0) is 19.1 Å². The second kappa shape index (κ2) is 9.39. The molecule has 1 aliphatic heterocycles. The van der Waals surface area contributed by atoms with Crippen molar-refractivity contribution >= 4 is 17.5 Å². The van der Waals surface area contributed by atoms with Crippen molar-refractivity contribution in [3.05, 3.63) is 24.3 Å². The highest BCUT2D eigenvalue weighted by molar-refractivity contribution is 6.00. The Morgan fingerprint density at radius 3 is 2.48 bits per heavy atom. The molecule has 1 fully saturated rings. The van der Waals surface area contributed by atoms with Gasteiger partial charge in [0.15, 0.2) is 0 Å². The van der Waals surface area contributed by atoms with Gasteiger partial charge in [-0.05, 0) is 12.1 Å². The van der Waals surface area contributed by atoms with E-state index >= 15 is 0 Å². The van der Waals surface area contributed by atoms with Gasteiger partial charge in [-0.15, -0.1) is 0 Å². The maximum absolute atomic E-state index is 12.8. The summed E-state index contributed by atoms with van der Waals surface area (Å²) < 4.78 is 15.4. The molecule has 0 spiro atoms. The molecule has 2 amide bonds. The topological polar surface area (TPSA) is 68.3 Å². The molecule has 1 aromatic carbocycles. The minimum Gasteiger partial charge on any atom is -0.497 e. The fourth-order valence-corrected chi connectivity index (χ4v) is 2.89. The number of hydrogen-bond donors (Lipinski definition) is 0. The molecular weight excluding hydrogens is 324 g/mol. The maximum Gasteiger partial charge on any atom is 0.228 e. The molecule has 1 heterocycles. The van der Waals surface area contributed by atoms with Crippen LogP contribution in [0.2, 0.25) is 0 Å². The quantitative estimate of drug-likeness (QED) is 0.669. The average molecular weight is 350 g/mol. The lowest BCUT2D eigenvalue weighted by atomic mass is 10.1. The van der Waals surface area contributed by atoms with E-state index in [1.165, 1.54) is 0 Å². The summed E-state index contributed by atoms with van der Waals surface area (Å²) in [5.74, 6) is 0.243. The third-order valence-corrected chi connectivity index (χ3v) is 4.28. The van der Waals surface area contributed by atoms with Crippen molar-refractivity contribution in [1.29, 1.82) is 0 Å². The normalized spacial score (nSPS) is 17.0. The van der Waals surface area contributed by atoms with Gasteiger partial charge in [0.2, 0.25) is 11.8 Å². The number of methoxy groups -OCH3 is 3. The maximum atomic E-state index is 12.8. The number of carbonyl (C=O) groups excluding carboxylic acids is 2. The molecule has 138 valence electrons. The van der Waals surface area contributed by atoms with Crippen molar-refractivity contribution < 1.29 is 23.8 Å². The number of amides is 2. The lowest BCUT2D eigenvalue weighted by molar-refractivity contribution is -0.137. The van der Waals surface area contributed by atoms with Crippen LogP contribution in [0.1, 0.15) is 6.42 Å². The fraction of sp³-hybridized carbons (Fsp3) is 0.556. The molecule has 0 radical (unpaired) electrons. The summed E-state index contributed by atoms with van der Waals surface area (Å²) >= 11 is 0. The summed E-state index contributed by atoms with van der Waals surface area (Å²) in [4.78, 5) is 28.6. The van der Waals surface area contributed by atoms with E-state index in [1.807, 2.05) is 18.2 Å². The zero-order valence-electron chi connectivity index (χ0n) is 15.1. The summed E-state index contributed by atoms with van der Waals surface area (Å²) in [6.07, 6.45) is 0.215. The molecule has 1 unspecified atom stereocenters. The molecule has 0 N–H and O–H groups in total. The molecule has 1 atom stereocenters. The average Bonchev–Trinajstić information content (AvgIpc) is 3.03. The van der Waals surface area contributed by atoms with Crippen LogP contribution >= 0.6 is 0 Å². The molecule has 0 bridgehead atoms. The standard InChI is InChI=1S/C18H26N2O5/c1-23-9-7-19(8-10-24-2)18(22)14-11-17(21)20(13-14)15-5-4-6-16(12-15)25-3/h4-6,12,14H,7-11,13H2,1-3H3. The van der Waals surface area contributed by atoms with Crippen LogP contribution in [0.15, 0.2) is 24.3 Å². The first kappa shape index (κ1) is 19.2. The van der Waals surface area contributed by atoms with Crippen molar-refractivity contribution in [3.8, 4) is 5.75 Å². The largest absolute Gasteiger partial charge is 0.497 e. The summed E-state index contributed by atoms with van der Waals surface area (Å²) in [5.41, 5.74) is 0.750. The lowest BCUT2D eigenvalue weighted by Gasteiger charge is -2.25. The molecule has 0 saturated carbocycles. The van der Waals surface area contributed by atoms with Gasteiger partial charge in [0, 0.05) is 52.0 Å². The molecule has 2 rings (SSSR count). The molecule has 0 aromatic heterocycles. The summed E-state index contributed by atoms with van der Waals surface area (Å²) in [7, 11) is 4.78. The predicted octanol–water partition coefficient (Wildman–Crippen LogP) is 1.17. The molecular formula is C18H26N2O5. The van der Waals surface area contributed by atoms with E-state index in [0.29, 0.717) is 38.6 Å². The number of benzene rings is 1. The van der Waals surface area contributed by atoms with Gasteiger partial charge in [-0.2, -0.15) is 0 Å². The van der Waals surface area contributed by atoms with E-state index in [2.05, 4.69) is 0 Å². The van der Waals surface area contributed by atoms with Crippen molar-refractivity contribution in [3.63, 3.8) is 0 Å². The number of hydrogen-bond acceptors (Lipinski definition) is 5. The highest BCUT2D eigenvalue weighted by Gasteiger charge is 2.37. The Morgan fingerprint density at radius 2 is 1.88 bits per heavy atom. The molecule has 1 aliphatic rings. The highest BCUT2D eigenvalue weighted by Crippen LogP contribution is 2.28. The van der Waals surface area contributed by atoms with Crippen molar-refractivity contribution in [2.75, 3.05) is 59.1 Å². The summed E-state index contributed by atoms with van der Waals surface area (Å²) in [6.45, 7) is 2.26. The Bertz CT molecular complexity index is 585. The van der Waals surface area contributed by atoms with Gasteiger partial charge < -0.3 is 24.0 Å². The van der Waals surface area contributed by atoms with Crippen LogP contribution in [0.5, 0.6) is 5.75 Å². The second-order valence-electron chi connectivity index (χ2n) is 5.92. The van der Waals surface area contributed by atoms with E-state index < -0.39 is 0 Å². The van der Waals surface area contributed by atoms with Crippen LogP contribution in [0.25, 0.3) is 0 Å². The van der Waals surface area contributed by atoms with Crippen LogP contribution < -0.4 is 9.64 Å². The Kier molecular flexibility index (Phi) is 7.21. The van der Waals surface area contributed by atoms with Gasteiger partial charge in [-0.1, -0.05) is 6.07 Å². The van der Waals surface area contributed by atoms with E-state index in [-0.39, 0.29) is 24.2 Å². The van der Waals surface area contributed by atoms with E-state index in [4.69, 9.17) is 14.2 Å². The van der Waals surface area contributed by atoms with Crippen molar-refractivity contribution in [1.82, 2.24) is 4.90 Å². The van der Waals surface area contributed by atoms with Crippen LogP contribution in [0.3, 0.4) is 0 Å². The number of rotatable bonds is 9. The number of carbonyl (C=O) groups is 2. The zero-order chi connectivity index (χ0) is 18.2. The second-order valence-corrected chi connectivity index (χ2v) is 5.92. The third-order valence-electron chi connectivity index (χ3n) is 4.28. The predicted molar refractivity (Wildman–Crippen MR) is 93.8 cm³/mol. The Labute approximate surface area is 148 Å². The molecule has 7 heteroatoms. The van der Waals surface area contributed by atoms with Crippen LogP contribution in [0, 0.1) is 5.92 Å². The number of nitrogens with zero attached hydrogens (tertiary/aromatic N) is 2. The van der Waals surface area contributed by atoms with E-state index in [0.717, 1.165) is 5.69 Å². The number of ether oxygens (including phenoxy) is 3. The smallest absolute Gasteiger partial charge is 0.228 e. The first-order valence-electron chi connectivity index (χ1n) is 8.31. The number of anilines is 1. The monoisotopic (exact) mass is 350 g/mol. The SMILES string of the molecule is COCCN(CCOC)C(=O)C1CC(=O)N(c2cccc(OC)c2)C1. The Balaban J connectivity index is 2.07. The van der Waals surface area contributed by atoms with E-state index in [9.17, 15) is 9.59 Å². The van der Waals surface area contributed by atoms with Gasteiger partial charge in [-0.3, -0.25) is 9.59 Å². The molecule has 0 aliphatic carbocycles. The molecule has 1 aromatic rings. The summed E-state index contributed by atoms with van der Waals surface area (Å²) in [6, 6.07) is 7.31. The van der Waals surface area contributed by atoms with Crippen LogP contribution in [-0.4, -0.2) is 70.9 Å². The Hall–Kier alpha value is -2.12. The van der Waals surface area contributed by atoms with E-state index in [1.54, 1.807) is 37.2 Å². The minimum atomic E-state index is -0.354. The van der Waals surface area contributed by atoms with Gasteiger partial charge in [0.1, 0.15) is 5.75 Å². The van der Waals surface area contributed by atoms with Crippen LogP contribution in [0.4, 0.5) is 5.69 Å². The first-order valence-corrected chi connectivity index (χ1v) is 8.31. The van der Waals surface area contributed by atoms with Gasteiger partial charge in [0.25, 0.3) is 0 Å². The van der Waals surface area contributed by atoms with Crippen molar-refractivity contribution in [2.24, 2.45) is 5.92 Å². The zero-order valence-corrected chi connectivity index (χ0v) is 15.1. The van der Waals surface area contributed by atoms with Gasteiger partial charge in [0.05, 0.1) is 26.2 Å². The first-order chi connectivity index (χ1) is 12.1. The Morgan fingerprint density at radius 1 is 1.20 bits per heavy atom. The minimum absolute atomic E-state index is 0.0344. The molecule has 7 nitrogen and oxygen atoms in total. The van der Waals surface area contributed by atoms with Crippen molar-refractivity contribution in [2.45, 2.75) is 6.42 Å². The third kappa shape index (κ3) is 4.93. The van der Waals surface area contributed by atoms with Gasteiger partial charge >= 0.3 is 0 Å².